The second kappa shape index (κ2) is 5.25. The Morgan fingerprint density at radius 1 is 1.56 bits per heavy atom. The van der Waals surface area contributed by atoms with Crippen LogP contribution in [0.5, 0.6) is 5.75 Å². The van der Waals surface area contributed by atoms with Gasteiger partial charge in [-0.2, -0.15) is 0 Å². The van der Waals surface area contributed by atoms with Gasteiger partial charge >= 0.3 is 0 Å². The standard InChI is InChI=1S/C11H13NO4/c1-3-16-10-6-4-5-9(7-10)11(13)8(2)12(14)15/h4-8H,3H2,1-2H3. The number of nitro groups is 1. The minimum absolute atomic E-state index is 0.301. The van der Waals surface area contributed by atoms with Gasteiger partial charge in [0.2, 0.25) is 5.78 Å². The van der Waals surface area contributed by atoms with Gasteiger partial charge in [-0.25, -0.2) is 0 Å². The van der Waals surface area contributed by atoms with Gasteiger partial charge in [-0.1, -0.05) is 12.1 Å². The van der Waals surface area contributed by atoms with E-state index in [1.54, 1.807) is 18.2 Å². The van der Waals surface area contributed by atoms with Crippen LogP contribution in [-0.4, -0.2) is 23.4 Å². The average molecular weight is 223 g/mol. The average Bonchev–Trinajstić information content (AvgIpc) is 2.28. The van der Waals surface area contributed by atoms with Crippen LogP contribution in [0.4, 0.5) is 0 Å². The first kappa shape index (κ1) is 12.2. The molecule has 0 heterocycles. The highest BCUT2D eigenvalue weighted by atomic mass is 16.6. The molecular formula is C11H13NO4. The van der Waals surface area contributed by atoms with Gasteiger partial charge in [-0.3, -0.25) is 14.9 Å². The number of carbonyl (C=O) groups excluding carboxylic acids is 1. The maximum absolute atomic E-state index is 11.6. The van der Waals surface area contributed by atoms with Gasteiger partial charge in [-0.15, -0.1) is 0 Å². The molecule has 0 radical (unpaired) electrons. The molecule has 0 amide bonds. The maximum Gasteiger partial charge on any atom is 0.272 e. The van der Waals surface area contributed by atoms with Gasteiger partial charge < -0.3 is 4.74 Å². The molecule has 1 rings (SSSR count). The fraction of sp³-hybridized carbons (Fsp3) is 0.364. The molecule has 0 spiro atoms. The summed E-state index contributed by atoms with van der Waals surface area (Å²) in [6.07, 6.45) is 0. The summed E-state index contributed by atoms with van der Waals surface area (Å²) in [7, 11) is 0. The molecule has 0 bridgehead atoms. The molecule has 1 atom stereocenters. The summed E-state index contributed by atoms with van der Waals surface area (Å²) >= 11 is 0. The third-order valence-electron chi connectivity index (χ3n) is 2.13. The van der Waals surface area contributed by atoms with E-state index in [9.17, 15) is 14.9 Å². The summed E-state index contributed by atoms with van der Waals surface area (Å²) in [5.74, 6) is 0.0375. The number of rotatable bonds is 5. The molecule has 0 fully saturated rings. The normalized spacial score (nSPS) is 11.9. The summed E-state index contributed by atoms with van der Waals surface area (Å²) in [4.78, 5) is 21.5. The molecule has 16 heavy (non-hydrogen) atoms. The fourth-order valence-electron chi connectivity index (χ4n) is 1.24. The van der Waals surface area contributed by atoms with Gasteiger partial charge in [-0.05, 0) is 19.1 Å². The topological polar surface area (TPSA) is 69.4 Å². The van der Waals surface area contributed by atoms with Crippen LogP contribution in [0, 0.1) is 10.1 Å². The first-order valence-electron chi connectivity index (χ1n) is 4.96. The van der Waals surface area contributed by atoms with Crippen molar-refractivity contribution in [3.63, 3.8) is 0 Å². The minimum atomic E-state index is -1.23. The predicted molar refractivity (Wildman–Crippen MR) is 58.4 cm³/mol. The van der Waals surface area contributed by atoms with Crippen LogP contribution in [0.1, 0.15) is 24.2 Å². The summed E-state index contributed by atoms with van der Waals surface area (Å²) in [5, 5.41) is 10.5. The van der Waals surface area contributed by atoms with Gasteiger partial charge in [0.1, 0.15) is 5.75 Å². The highest BCUT2D eigenvalue weighted by molar-refractivity contribution is 5.99. The van der Waals surface area contributed by atoms with E-state index in [0.29, 0.717) is 17.9 Å². The molecule has 0 N–H and O–H groups in total. The van der Waals surface area contributed by atoms with Crippen LogP contribution in [0.2, 0.25) is 0 Å². The Hall–Kier alpha value is -1.91. The number of nitrogens with zero attached hydrogens (tertiary/aromatic N) is 1. The fourth-order valence-corrected chi connectivity index (χ4v) is 1.24. The van der Waals surface area contributed by atoms with Crippen LogP contribution in [0.3, 0.4) is 0 Å². The minimum Gasteiger partial charge on any atom is -0.494 e. The number of carbonyl (C=O) groups is 1. The summed E-state index contributed by atoms with van der Waals surface area (Å²) in [6.45, 7) is 3.59. The Balaban J connectivity index is 2.91. The number of hydrogen-bond donors (Lipinski definition) is 0. The zero-order valence-corrected chi connectivity index (χ0v) is 9.17. The lowest BCUT2D eigenvalue weighted by molar-refractivity contribution is -0.500. The Labute approximate surface area is 93.2 Å². The van der Waals surface area contributed by atoms with E-state index in [4.69, 9.17) is 4.74 Å². The van der Waals surface area contributed by atoms with Crippen molar-refractivity contribution in [2.45, 2.75) is 19.9 Å². The van der Waals surface area contributed by atoms with Crippen molar-refractivity contribution in [2.75, 3.05) is 6.61 Å². The molecule has 0 saturated carbocycles. The Kier molecular flexibility index (Phi) is 3.99. The van der Waals surface area contributed by atoms with E-state index in [-0.39, 0.29) is 0 Å². The van der Waals surface area contributed by atoms with Crippen LogP contribution < -0.4 is 4.74 Å². The highest BCUT2D eigenvalue weighted by Gasteiger charge is 2.24. The summed E-state index contributed by atoms with van der Waals surface area (Å²) < 4.78 is 5.21. The van der Waals surface area contributed by atoms with Crippen molar-refractivity contribution in [1.82, 2.24) is 0 Å². The number of Topliss-reactive ketones (excluding diaryl/α,β-unsaturated/α-hetero) is 1. The summed E-state index contributed by atoms with van der Waals surface area (Å²) in [6, 6.07) is 5.19. The first-order chi connectivity index (χ1) is 7.56. The number of ether oxygens (including phenoxy) is 1. The predicted octanol–water partition coefficient (Wildman–Crippen LogP) is 1.93. The number of ketones is 1. The Bertz CT molecular complexity index is 403. The van der Waals surface area contributed by atoms with Gasteiger partial charge in [0, 0.05) is 17.4 Å². The van der Waals surface area contributed by atoms with Crippen molar-refractivity contribution >= 4 is 5.78 Å². The molecular weight excluding hydrogens is 210 g/mol. The Morgan fingerprint density at radius 2 is 2.25 bits per heavy atom. The quantitative estimate of drug-likeness (QED) is 0.434. The molecule has 0 aliphatic heterocycles. The molecule has 0 aromatic heterocycles. The van der Waals surface area contributed by atoms with Crippen LogP contribution in [-0.2, 0) is 0 Å². The van der Waals surface area contributed by atoms with Crippen LogP contribution >= 0.6 is 0 Å². The zero-order chi connectivity index (χ0) is 12.1. The molecule has 0 aliphatic rings. The molecule has 1 aromatic rings. The first-order valence-corrected chi connectivity index (χ1v) is 4.96. The zero-order valence-electron chi connectivity index (χ0n) is 9.17. The lowest BCUT2D eigenvalue weighted by atomic mass is 10.1. The van der Waals surface area contributed by atoms with Gasteiger partial charge in [0.05, 0.1) is 6.61 Å². The van der Waals surface area contributed by atoms with Crippen molar-refractivity contribution in [1.29, 1.82) is 0 Å². The van der Waals surface area contributed by atoms with E-state index in [0.717, 1.165) is 0 Å². The van der Waals surface area contributed by atoms with E-state index in [1.165, 1.54) is 13.0 Å². The van der Waals surface area contributed by atoms with E-state index in [2.05, 4.69) is 0 Å². The molecule has 0 saturated heterocycles. The highest BCUT2D eigenvalue weighted by Crippen LogP contribution is 2.15. The van der Waals surface area contributed by atoms with Crippen molar-refractivity contribution in [3.05, 3.63) is 39.9 Å². The van der Waals surface area contributed by atoms with Crippen LogP contribution in [0.15, 0.2) is 24.3 Å². The second-order valence-corrected chi connectivity index (χ2v) is 3.29. The number of hydrogen-bond acceptors (Lipinski definition) is 4. The third-order valence-corrected chi connectivity index (χ3v) is 2.13. The van der Waals surface area contributed by atoms with E-state index in [1.807, 2.05) is 6.92 Å². The third kappa shape index (κ3) is 2.79. The van der Waals surface area contributed by atoms with Gasteiger partial charge in [0.15, 0.2) is 0 Å². The lowest BCUT2D eigenvalue weighted by Crippen LogP contribution is -2.26. The largest absolute Gasteiger partial charge is 0.494 e. The Morgan fingerprint density at radius 3 is 2.81 bits per heavy atom. The van der Waals surface area contributed by atoms with Gasteiger partial charge in [0.25, 0.3) is 6.04 Å². The second-order valence-electron chi connectivity index (χ2n) is 3.29. The number of benzene rings is 1. The molecule has 5 heteroatoms. The molecule has 1 unspecified atom stereocenters. The molecule has 5 nitrogen and oxygen atoms in total. The molecule has 86 valence electrons. The van der Waals surface area contributed by atoms with E-state index < -0.39 is 16.7 Å². The monoisotopic (exact) mass is 223 g/mol. The van der Waals surface area contributed by atoms with Crippen molar-refractivity contribution in [3.8, 4) is 5.75 Å². The maximum atomic E-state index is 11.6. The lowest BCUT2D eigenvalue weighted by Gasteiger charge is -2.06. The van der Waals surface area contributed by atoms with E-state index >= 15 is 0 Å². The molecule has 0 aliphatic carbocycles. The molecule has 1 aromatic carbocycles. The van der Waals surface area contributed by atoms with Crippen molar-refractivity contribution < 1.29 is 14.5 Å². The van der Waals surface area contributed by atoms with Crippen molar-refractivity contribution in [2.24, 2.45) is 0 Å². The van der Waals surface area contributed by atoms with Crippen LogP contribution in [0.25, 0.3) is 0 Å². The SMILES string of the molecule is CCOc1cccc(C(=O)C(C)[N+](=O)[O-])c1. The smallest absolute Gasteiger partial charge is 0.272 e. The summed E-state index contributed by atoms with van der Waals surface area (Å²) in [5.41, 5.74) is 0.301.